The smallest absolute Gasteiger partial charge is 0.267 e. The van der Waals surface area contributed by atoms with Crippen molar-refractivity contribution in [1.82, 2.24) is 4.98 Å². The lowest BCUT2D eigenvalue weighted by Gasteiger charge is -2.39. The maximum absolute atomic E-state index is 13.4. The van der Waals surface area contributed by atoms with Crippen molar-refractivity contribution in [2.24, 2.45) is 5.92 Å². The van der Waals surface area contributed by atoms with E-state index in [4.69, 9.17) is 20.8 Å². The molecule has 7 nitrogen and oxygen atoms in total. The highest BCUT2D eigenvalue weighted by molar-refractivity contribution is 7.17. The van der Waals surface area contributed by atoms with Gasteiger partial charge in [-0.15, -0.1) is 11.3 Å². The van der Waals surface area contributed by atoms with Crippen LogP contribution in [0.15, 0.2) is 42.5 Å². The van der Waals surface area contributed by atoms with Crippen LogP contribution in [-0.2, 0) is 10.8 Å². The number of halogens is 1. The Morgan fingerprint density at radius 3 is 2.57 bits per heavy atom. The molecule has 226 valence electrons. The molecule has 2 N–H and O–H groups in total. The van der Waals surface area contributed by atoms with Gasteiger partial charge in [-0.05, 0) is 47.3 Å². The number of hydrogen-bond acceptors (Lipinski definition) is 7. The number of fused-ring (bicyclic) bond motifs is 1. The van der Waals surface area contributed by atoms with E-state index >= 15 is 0 Å². The minimum atomic E-state index is -1.90. The molecule has 2 aliphatic heterocycles. The van der Waals surface area contributed by atoms with E-state index in [1.807, 2.05) is 30.3 Å². The van der Waals surface area contributed by atoms with Crippen molar-refractivity contribution in [1.29, 1.82) is 0 Å². The number of carbonyl (C=O) groups is 1. The Hall–Kier alpha value is -2.43. The number of aliphatic hydroxyl groups excluding tert-OH is 1. The van der Waals surface area contributed by atoms with E-state index in [1.54, 1.807) is 19.2 Å². The zero-order valence-electron chi connectivity index (χ0n) is 25.3. The number of aromatic nitrogens is 1. The van der Waals surface area contributed by atoms with Crippen molar-refractivity contribution in [3.63, 3.8) is 0 Å². The van der Waals surface area contributed by atoms with Crippen LogP contribution in [0, 0.1) is 5.92 Å². The van der Waals surface area contributed by atoms with Gasteiger partial charge in [0.15, 0.2) is 0 Å². The van der Waals surface area contributed by atoms with Gasteiger partial charge in [0.1, 0.15) is 15.6 Å². The molecule has 10 heteroatoms. The first kappa shape index (κ1) is 31.0. The van der Waals surface area contributed by atoms with Gasteiger partial charge in [0, 0.05) is 54.4 Å². The van der Waals surface area contributed by atoms with Gasteiger partial charge in [-0.25, -0.2) is 4.98 Å². The SMILES string of the molecule is COc1cc(NC(=O)c2sc(-c3ccc(Cl)cc3)nc2CCO)ccc1N1CCC2O[Si](C(C)C)(C(C)C)C(C)C2C1. The largest absolute Gasteiger partial charge is 0.495 e. The van der Waals surface area contributed by atoms with Gasteiger partial charge < -0.3 is 24.5 Å². The van der Waals surface area contributed by atoms with Crippen LogP contribution in [0.5, 0.6) is 5.75 Å². The van der Waals surface area contributed by atoms with Crippen LogP contribution < -0.4 is 15.0 Å². The zero-order chi connectivity index (χ0) is 30.2. The Morgan fingerprint density at radius 1 is 1.21 bits per heavy atom. The third kappa shape index (κ3) is 5.74. The summed E-state index contributed by atoms with van der Waals surface area (Å²) in [5.41, 5.74) is 4.90. The number of aliphatic hydroxyl groups is 1. The molecule has 3 aromatic rings. The Balaban J connectivity index is 1.34. The van der Waals surface area contributed by atoms with Crippen LogP contribution in [0.2, 0.25) is 21.6 Å². The molecule has 0 radical (unpaired) electrons. The lowest BCUT2D eigenvalue weighted by Crippen LogP contribution is -2.45. The number of methoxy groups -OCH3 is 1. The molecule has 3 atom stereocenters. The first-order chi connectivity index (χ1) is 20.1. The fourth-order valence-corrected chi connectivity index (χ4v) is 14.4. The second-order valence-electron chi connectivity index (χ2n) is 12.1. The summed E-state index contributed by atoms with van der Waals surface area (Å²) in [6, 6.07) is 13.2. The second-order valence-corrected chi connectivity index (χ2v) is 18.7. The summed E-state index contributed by atoms with van der Waals surface area (Å²) in [4.78, 5) is 21.0. The van der Waals surface area contributed by atoms with Gasteiger partial charge in [-0.3, -0.25) is 4.79 Å². The fourth-order valence-electron chi connectivity index (χ4n) is 7.23. The standard InChI is InChI=1S/C32H42ClN3O4SSi/c1-19(2)42(20(3)4)21(5)25-18-36(15-13-28(25)40-42)27-12-11-24(17-29(27)39-6)34-31(38)30-26(14-16-37)35-32(41-30)22-7-9-23(33)10-8-22/h7-12,17,19-21,25,28,37H,13-16,18H2,1-6H3,(H,34,38). The van der Waals surface area contributed by atoms with Crippen molar-refractivity contribution in [3.05, 3.63) is 58.1 Å². The maximum Gasteiger partial charge on any atom is 0.267 e. The lowest BCUT2D eigenvalue weighted by molar-refractivity contribution is 0.102. The van der Waals surface area contributed by atoms with E-state index in [-0.39, 0.29) is 12.5 Å². The summed E-state index contributed by atoms with van der Waals surface area (Å²) < 4.78 is 12.9. The van der Waals surface area contributed by atoms with Crippen LogP contribution in [-0.4, -0.2) is 57.2 Å². The Bertz CT molecular complexity index is 1410. The normalized spacial score (nSPS) is 21.6. The lowest BCUT2D eigenvalue weighted by atomic mass is 9.91. The van der Waals surface area contributed by atoms with Crippen LogP contribution in [0.25, 0.3) is 10.6 Å². The van der Waals surface area contributed by atoms with Gasteiger partial charge in [0.25, 0.3) is 5.91 Å². The molecular formula is C32H42ClN3O4SSi. The number of thiazole rings is 1. The van der Waals surface area contributed by atoms with Crippen molar-refractivity contribution in [3.8, 4) is 16.3 Å². The molecule has 0 bridgehead atoms. The average Bonchev–Trinajstić information content (AvgIpc) is 3.53. The predicted molar refractivity (Wildman–Crippen MR) is 175 cm³/mol. The van der Waals surface area contributed by atoms with Crippen LogP contribution in [0.1, 0.15) is 56.4 Å². The number of nitrogens with zero attached hydrogens (tertiary/aromatic N) is 2. The highest BCUT2D eigenvalue weighted by Crippen LogP contribution is 2.55. The molecule has 0 spiro atoms. The predicted octanol–water partition coefficient (Wildman–Crippen LogP) is 7.64. The van der Waals surface area contributed by atoms with Crippen molar-refractivity contribution in [2.75, 3.05) is 37.0 Å². The zero-order valence-corrected chi connectivity index (χ0v) is 27.9. The number of hydrogen-bond donors (Lipinski definition) is 2. The number of ether oxygens (including phenoxy) is 1. The monoisotopic (exact) mass is 627 g/mol. The molecule has 2 aromatic carbocycles. The molecule has 5 rings (SSSR count). The molecule has 2 saturated heterocycles. The second kappa shape index (κ2) is 12.7. The van der Waals surface area contributed by atoms with Crippen molar-refractivity contribution < 1.29 is 19.1 Å². The van der Waals surface area contributed by atoms with Crippen LogP contribution in [0.3, 0.4) is 0 Å². The van der Waals surface area contributed by atoms with Crippen LogP contribution >= 0.6 is 22.9 Å². The molecule has 2 fully saturated rings. The topological polar surface area (TPSA) is 83.9 Å². The summed E-state index contributed by atoms with van der Waals surface area (Å²) in [5, 5.41) is 14.0. The Kier molecular flexibility index (Phi) is 9.35. The summed E-state index contributed by atoms with van der Waals surface area (Å²) in [6.45, 7) is 13.6. The maximum atomic E-state index is 13.4. The van der Waals surface area contributed by atoms with E-state index in [1.165, 1.54) is 11.3 Å². The molecule has 0 saturated carbocycles. The quantitative estimate of drug-likeness (QED) is 0.237. The van der Waals surface area contributed by atoms with Gasteiger partial charge >= 0.3 is 0 Å². The van der Waals surface area contributed by atoms with E-state index < -0.39 is 8.32 Å². The number of piperidine rings is 1. The molecule has 2 aliphatic rings. The minimum Gasteiger partial charge on any atom is -0.495 e. The third-order valence-corrected chi connectivity index (χ3v) is 16.8. The first-order valence-corrected chi connectivity index (χ1v) is 18.2. The number of carbonyl (C=O) groups excluding carboxylic acids is 1. The van der Waals surface area contributed by atoms with E-state index in [2.05, 4.69) is 49.8 Å². The van der Waals surface area contributed by atoms with E-state index in [9.17, 15) is 9.90 Å². The van der Waals surface area contributed by atoms with Crippen LogP contribution in [0.4, 0.5) is 11.4 Å². The highest BCUT2D eigenvalue weighted by atomic mass is 35.5. The molecular weight excluding hydrogens is 586 g/mol. The van der Waals surface area contributed by atoms with E-state index in [0.717, 1.165) is 36.5 Å². The summed E-state index contributed by atoms with van der Waals surface area (Å²) in [7, 11) is -0.220. The van der Waals surface area contributed by atoms with Gasteiger partial charge in [-0.1, -0.05) is 58.4 Å². The average molecular weight is 628 g/mol. The number of rotatable bonds is 9. The Morgan fingerprint density at radius 2 is 1.93 bits per heavy atom. The molecule has 3 heterocycles. The summed E-state index contributed by atoms with van der Waals surface area (Å²) in [6.07, 6.45) is 1.65. The molecule has 3 unspecified atom stereocenters. The molecule has 0 aliphatic carbocycles. The molecule has 1 aromatic heterocycles. The summed E-state index contributed by atoms with van der Waals surface area (Å²) >= 11 is 7.35. The van der Waals surface area contributed by atoms with Crippen molar-refractivity contribution in [2.45, 2.75) is 70.2 Å². The van der Waals surface area contributed by atoms with Gasteiger partial charge in [0.05, 0.1) is 24.6 Å². The first-order valence-electron chi connectivity index (χ1n) is 14.9. The highest BCUT2D eigenvalue weighted by Gasteiger charge is 2.59. The number of amides is 1. The van der Waals surface area contributed by atoms with Crippen molar-refractivity contribution >= 4 is 48.5 Å². The fraction of sp³-hybridized carbons (Fsp3) is 0.500. The van der Waals surface area contributed by atoms with Gasteiger partial charge in [0.2, 0.25) is 8.32 Å². The third-order valence-electron chi connectivity index (χ3n) is 9.23. The molecule has 42 heavy (non-hydrogen) atoms. The number of nitrogens with one attached hydrogen (secondary N) is 1. The van der Waals surface area contributed by atoms with E-state index in [0.29, 0.717) is 61.4 Å². The molecule has 1 amide bonds. The number of anilines is 2. The Labute approximate surface area is 259 Å². The summed E-state index contributed by atoms with van der Waals surface area (Å²) in [5.74, 6) is 0.980. The van der Waals surface area contributed by atoms with Gasteiger partial charge in [-0.2, -0.15) is 0 Å². The number of benzene rings is 2. The minimum absolute atomic E-state index is 0.0914.